The van der Waals surface area contributed by atoms with Gasteiger partial charge in [0.2, 0.25) is 0 Å². The SMILES string of the molecule is CN=C(NCCCN1CCN(c2ccccc2)CC1)NCc1ccnn1C. The van der Waals surface area contributed by atoms with Crippen LogP contribution in [0.4, 0.5) is 5.69 Å². The Morgan fingerprint density at radius 1 is 1.07 bits per heavy atom. The molecule has 1 aromatic carbocycles. The summed E-state index contributed by atoms with van der Waals surface area (Å²) in [4.78, 5) is 9.31. The van der Waals surface area contributed by atoms with Crippen molar-refractivity contribution in [2.75, 3.05) is 51.2 Å². The molecule has 0 amide bonds. The molecule has 0 atom stereocenters. The number of hydrogen-bond acceptors (Lipinski definition) is 4. The maximum atomic E-state index is 4.29. The van der Waals surface area contributed by atoms with E-state index < -0.39 is 0 Å². The number of nitrogens with zero attached hydrogens (tertiary/aromatic N) is 5. The molecule has 0 bridgehead atoms. The van der Waals surface area contributed by atoms with E-state index in [2.05, 4.69) is 60.9 Å². The lowest BCUT2D eigenvalue weighted by Crippen LogP contribution is -2.47. The number of para-hydroxylation sites is 1. The highest BCUT2D eigenvalue weighted by Gasteiger charge is 2.16. The van der Waals surface area contributed by atoms with E-state index in [-0.39, 0.29) is 0 Å². The van der Waals surface area contributed by atoms with Gasteiger partial charge in [0.25, 0.3) is 0 Å². The molecule has 0 unspecified atom stereocenters. The van der Waals surface area contributed by atoms with Gasteiger partial charge in [-0.3, -0.25) is 14.6 Å². The fourth-order valence-electron chi connectivity index (χ4n) is 3.35. The largest absolute Gasteiger partial charge is 0.369 e. The molecule has 2 N–H and O–H groups in total. The minimum atomic E-state index is 0.720. The first kappa shape index (κ1) is 19.2. The van der Waals surface area contributed by atoms with E-state index in [9.17, 15) is 0 Å². The van der Waals surface area contributed by atoms with Crippen LogP contribution in [0.2, 0.25) is 0 Å². The van der Waals surface area contributed by atoms with Gasteiger partial charge in [0.05, 0.1) is 12.2 Å². The Balaban J connectivity index is 1.30. The standard InChI is InChI=1S/C20H31N7/c1-21-20(23-17-19-9-11-24-25(19)2)22-10-6-12-26-13-15-27(16-14-26)18-7-4-3-5-8-18/h3-5,7-9,11H,6,10,12-17H2,1-2H3,(H2,21,22,23). The molecule has 2 heterocycles. The molecule has 0 spiro atoms. The first-order valence-electron chi connectivity index (χ1n) is 9.70. The van der Waals surface area contributed by atoms with Crippen LogP contribution >= 0.6 is 0 Å². The second-order valence-electron chi connectivity index (χ2n) is 6.82. The van der Waals surface area contributed by atoms with Crippen LogP contribution in [0, 0.1) is 0 Å². The third-order valence-corrected chi connectivity index (χ3v) is 5.02. The van der Waals surface area contributed by atoms with E-state index in [1.54, 1.807) is 7.05 Å². The summed E-state index contributed by atoms with van der Waals surface area (Å²) >= 11 is 0. The second-order valence-corrected chi connectivity index (χ2v) is 6.82. The molecule has 1 aliphatic rings. The Morgan fingerprint density at radius 3 is 2.52 bits per heavy atom. The Morgan fingerprint density at radius 2 is 1.85 bits per heavy atom. The van der Waals surface area contributed by atoms with Crippen molar-refractivity contribution >= 4 is 11.6 Å². The van der Waals surface area contributed by atoms with Gasteiger partial charge in [-0.1, -0.05) is 18.2 Å². The van der Waals surface area contributed by atoms with E-state index in [0.29, 0.717) is 0 Å². The molecule has 1 saturated heterocycles. The van der Waals surface area contributed by atoms with Crippen molar-refractivity contribution in [1.82, 2.24) is 25.3 Å². The van der Waals surface area contributed by atoms with Crippen LogP contribution in [0.5, 0.6) is 0 Å². The molecule has 2 aromatic rings. The zero-order chi connectivity index (χ0) is 18.9. The second kappa shape index (κ2) is 9.97. The predicted molar refractivity (Wildman–Crippen MR) is 111 cm³/mol. The van der Waals surface area contributed by atoms with Crippen molar-refractivity contribution in [2.24, 2.45) is 12.0 Å². The maximum Gasteiger partial charge on any atom is 0.191 e. The van der Waals surface area contributed by atoms with Gasteiger partial charge in [-0.05, 0) is 31.2 Å². The number of hydrogen-bond donors (Lipinski definition) is 2. The fourth-order valence-corrected chi connectivity index (χ4v) is 3.35. The van der Waals surface area contributed by atoms with Crippen LogP contribution in [0.25, 0.3) is 0 Å². The van der Waals surface area contributed by atoms with Gasteiger partial charge in [0.15, 0.2) is 5.96 Å². The Hall–Kier alpha value is -2.54. The first-order chi connectivity index (χ1) is 13.3. The lowest BCUT2D eigenvalue weighted by molar-refractivity contribution is 0.255. The van der Waals surface area contributed by atoms with Crippen molar-refractivity contribution in [3.8, 4) is 0 Å². The van der Waals surface area contributed by atoms with Crippen molar-refractivity contribution < 1.29 is 0 Å². The third-order valence-electron chi connectivity index (χ3n) is 5.02. The molecule has 0 radical (unpaired) electrons. The Kier molecular flexibility index (Phi) is 7.10. The van der Waals surface area contributed by atoms with E-state index >= 15 is 0 Å². The van der Waals surface area contributed by atoms with E-state index in [0.717, 1.165) is 63.9 Å². The summed E-state index contributed by atoms with van der Waals surface area (Å²) in [6.45, 7) is 7.22. The predicted octanol–water partition coefficient (Wildman–Crippen LogP) is 1.30. The molecular weight excluding hydrogens is 338 g/mol. The van der Waals surface area contributed by atoms with Crippen LogP contribution in [0.15, 0.2) is 47.6 Å². The highest BCUT2D eigenvalue weighted by molar-refractivity contribution is 5.79. The van der Waals surface area contributed by atoms with Gasteiger partial charge in [-0.2, -0.15) is 5.10 Å². The summed E-state index contributed by atoms with van der Waals surface area (Å²) in [6, 6.07) is 12.7. The molecule has 1 fully saturated rings. The Bertz CT molecular complexity index is 702. The number of guanidine groups is 1. The van der Waals surface area contributed by atoms with E-state index in [1.165, 1.54) is 5.69 Å². The number of nitrogens with one attached hydrogen (secondary N) is 2. The molecule has 1 aromatic heterocycles. The molecular formula is C20H31N7. The quantitative estimate of drug-likeness (QED) is 0.438. The lowest BCUT2D eigenvalue weighted by atomic mass is 10.2. The van der Waals surface area contributed by atoms with Crippen molar-refractivity contribution in [1.29, 1.82) is 0 Å². The zero-order valence-corrected chi connectivity index (χ0v) is 16.4. The van der Waals surface area contributed by atoms with Crippen LogP contribution < -0.4 is 15.5 Å². The monoisotopic (exact) mass is 369 g/mol. The minimum absolute atomic E-state index is 0.720. The van der Waals surface area contributed by atoms with E-state index in [1.807, 2.05) is 24.0 Å². The number of aliphatic imine (C=N–C) groups is 1. The number of anilines is 1. The molecule has 7 heteroatoms. The number of rotatable bonds is 7. The molecule has 27 heavy (non-hydrogen) atoms. The van der Waals surface area contributed by atoms with Gasteiger partial charge < -0.3 is 15.5 Å². The molecule has 7 nitrogen and oxygen atoms in total. The lowest BCUT2D eigenvalue weighted by Gasteiger charge is -2.36. The first-order valence-corrected chi connectivity index (χ1v) is 9.70. The molecule has 1 aliphatic heterocycles. The molecule has 3 rings (SSSR count). The van der Waals surface area contributed by atoms with Gasteiger partial charge in [-0.25, -0.2) is 0 Å². The number of piperazine rings is 1. The smallest absolute Gasteiger partial charge is 0.191 e. The van der Waals surface area contributed by atoms with Crippen LogP contribution in [-0.2, 0) is 13.6 Å². The number of benzene rings is 1. The summed E-state index contributed by atoms with van der Waals surface area (Å²) < 4.78 is 1.87. The van der Waals surface area contributed by atoms with E-state index in [4.69, 9.17) is 0 Å². The summed E-state index contributed by atoms with van der Waals surface area (Å²) in [5.74, 6) is 0.838. The molecule has 0 aliphatic carbocycles. The van der Waals surface area contributed by atoms with Crippen LogP contribution in [0.3, 0.4) is 0 Å². The van der Waals surface area contributed by atoms with Crippen LogP contribution in [0.1, 0.15) is 12.1 Å². The van der Waals surface area contributed by atoms with Gasteiger partial charge in [0.1, 0.15) is 0 Å². The number of aromatic nitrogens is 2. The summed E-state index contributed by atoms with van der Waals surface area (Å²) in [6.07, 6.45) is 2.92. The minimum Gasteiger partial charge on any atom is -0.369 e. The van der Waals surface area contributed by atoms with Gasteiger partial charge in [0, 0.05) is 58.7 Å². The van der Waals surface area contributed by atoms with Crippen molar-refractivity contribution in [3.63, 3.8) is 0 Å². The van der Waals surface area contributed by atoms with Gasteiger partial charge in [-0.15, -0.1) is 0 Å². The van der Waals surface area contributed by atoms with Crippen molar-refractivity contribution in [3.05, 3.63) is 48.3 Å². The summed E-state index contributed by atoms with van der Waals surface area (Å²) in [7, 11) is 3.76. The van der Waals surface area contributed by atoms with Gasteiger partial charge >= 0.3 is 0 Å². The zero-order valence-electron chi connectivity index (χ0n) is 16.4. The van der Waals surface area contributed by atoms with Crippen molar-refractivity contribution in [2.45, 2.75) is 13.0 Å². The molecule has 0 saturated carbocycles. The highest BCUT2D eigenvalue weighted by Crippen LogP contribution is 2.15. The normalized spacial score (nSPS) is 15.8. The highest BCUT2D eigenvalue weighted by atomic mass is 15.3. The number of aryl methyl sites for hydroxylation is 1. The topological polar surface area (TPSA) is 60.7 Å². The Labute approximate surface area is 162 Å². The average molecular weight is 370 g/mol. The summed E-state index contributed by atoms with van der Waals surface area (Å²) in [5, 5.41) is 10.9. The average Bonchev–Trinajstić information content (AvgIpc) is 3.13. The fraction of sp³-hybridized carbons (Fsp3) is 0.500. The van der Waals surface area contributed by atoms with Crippen LogP contribution in [-0.4, -0.2) is 67.0 Å². The summed E-state index contributed by atoms with van der Waals surface area (Å²) in [5.41, 5.74) is 2.47. The molecule has 146 valence electrons. The third kappa shape index (κ3) is 5.72. The maximum absolute atomic E-state index is 4.29.